The van der Waals surface area contributed by atoms with Crippen LogP contribution in [-0.2, 0) is 4.79 Å². The highest BCUT2D eigenvalue weighted by Crippen LogP contribution is 2.36. The van der Waals surface area contributed by atoms with Crippen molar-refractivity contribution in [3.63, 3.8) is 0 Å². The molecule has 0 bridgehead atoms. The lowest BCUT2D eigenvalue weighted by Crippen LogP contribution is -2.71. The molecular weight excluding hydrogens is 218 g/mol. The maximum Gasteiger partial charge on any atom is 0.305 e. The summed E-state index contributed by atoms with van der Waals surface area (Å²) in [6, 6.07) is 0. The van der Waals surface area contributed by atoms with Gasteiger partial charge in [-0.2, -0.15) is 0 Å². The predicted octanol–water partition coefficient (Wildman–Crippen LogP) is -0.123. The Kier molecular flexibility index (Phi) is 3.43. The summed E-state index contributed by atoms with van der Waals surface area (Å²) >= 11 is 0. The van der Waals surface area contributed by atoms with Crippen LogP contribution in [-0.4, -0.2) is 60.8 Å². The first-order valence-electron chi connectivity index (χ1n) is 6.33. The summed E-state index contributed by atoms with van der Waals surface area (Å²) in [5.74, 6) is -0.716. The third kappa shape index (κ3) is 2.46. The Balaban J connectivity index is 1.89. The van der Waals surface area contributed by atoms with E-state index in [4.69, 9.17) is 5.11 Å². The first kappa shape index (κ1) is 12.8. The Morgan fingerprint density at radius 1 is 1.41 bits per heavy atom. The number of likely N-dealkylation sites (N-methyl/N-ethyl adjacent to an activating group) is 1. The minimum atomic E-state index is -0.716. The summed E-state index contributed by atoms with van der Waals surface area (Å²) < 4.78 is 0. The summed E-state index contributed by atoms with van der Waals surface area (Å²) in [6.07, 6.45) is 3.92. The maximum atomic E-state index is 10.9. The molecule has 0 aromatic carbocycles. The lowest BCUT2D eigenvalue weighted by molar-refractivity contribution is -0.139. The molecule has 0 spiro atoms. The summed E-state index contributed by atoms with van der Waals surface area (Å²) in [6.45, 7) is 2.43. The van der Waals surface area contributed by atoms with E-state index < -0.39 is 5.97 Å². The molecule has 0 unspecified atom stereocenters. The van der Waals surface area contributed by atoms with Gasteiger partial charge < -0.3 is 20.6 Å². The normalized spacial score (nSPS) is 25.1. The van der Waals surface area contributed by atoms with Gasteiger partial charge in [0.25, 0.3) is 0 Å². The highest BCUT2D eigenvalue weighted by Gasteiger charge is 2.44. The van der Waals surface area contributed by atoms with E-state index in [1.807, 2.05) is 0 Å². The molecule has 1 aliphatic carbocycles. The van der Waals surface area contributed by atoms with Crippen LogP contribution in [0.5, 0.6) is 0 Å². The Labute approximate surface area is 103 Å². The molecule has 2 aliphatic rings. The lowest BCUT2D eigenvalue weighted by Gasteiger charge is -2.51. The number of carboxylic acids is 1. The maximum absolute atomic E-state index is 10.9. The van der Waals surface area contributed by atoms with Crippen LogP contribution in [0.1, 0.15) is 25.7 Å². The van der Waals surface area contributed by atoms with E-state index in [0.29, 0.717) is 0 Å². The van der Waals surface area contributed by atoms with Gasteiger partial charge >= 0.3 is 5.97 Å². The molecule has 2 rings (SSSR count). The van der Waals surface area contributed by atoms with Gasteiger partial charge in [-0.05, 0) is 33.4 Å². The van der Waals surface area contributed by atoms with Crippen molar-refractivity contribution in [3.05, 3.63) is 0 Å². The fourth-order valence-electron chi connectivity index (χ4n) is 2.75. The molecule has 98 valence electrons. The van der Waals surface area contributed by atoms with Crippen molar-refractivity contribution in [3.8, 4) is 0 Å². The molecule has 2 fully saturated rings. The molecule has 0 aromatic rings. The molecule has 0 atom stereocenters. The smallest absolute Gasteiger partial charge is 0.305 e. The van der Waals surface area contributed by atoms with Crippen LogP contribution in [0.25, 0.3) is 0 Å². The van der Waals surface area contributed by atoms with Crippen molar-refractivity contribution in [1.29, 1.82) is 0 Å². The molecule has 17 heavy (non-hydrogen) atoms. The first-order valence-corrected chi connectivity index (χ1v) is 6.33. The van der Waals surface area contributed by atoms with E-state index in [0.717, 1.165) is 19.6 Å². The average molecular weight is 241 g/mol. The van der Waals surface area contributed by atoms with Crippen LogP contribution in [0.3, 0.4) is 0 Å². The number of aliphatic carboxylic acids is 1. The Bertz CT molecular complexity index is 296. The molecule has 1 aliphatic heterocycles. The van der Waals surface area contributed by atoms with Crippen molar-refractivity contribution < 1.29 is 9.90 Å². The Morgan fingerprint density at radius 3 is 2.35 bits per heavy atom. The van der Waals surface area contributed by atoms with Gasteiger partial charge in [0.15, 0.2) is 0 Å². The third-order valence-electron chi connectivity index (χ3n) is 4.44. The quantitative estimate of drug-likeness (QED) is 0.605. The summed E-state index contributed by atoms with van der Waals surface area (Å²) in [7, 11) is 4.23. The second-order valence-electron chi connectivity index (χ2n) is 5.78. The predicted molar refractivity (Wildman–Crippen MR) is 66.1 cm³/mol. The van der Waals surface area contributed by atoms with Crippen LogP contribution < -0.4 is 10.6 Å². The van der Waals surface area contributed by atoms with E-state index in [1.165, 1.54) is 19.3 Å². The summed E-state index contributed by atoms with van der Waals surface area (Å²) in [5, 5.41) is 15.6. The average Bonchev–Trinajstić information content (AvgIpc) is 2.10. The van der Waals surface area contributed by atoms with Crippen molar-refractivity contribution >= 4 is 5.97 Å². The molecule has 0 radical (unpaired) electrons. The summed E-state index contributed by atoms with van der Waals surface area (Å²) in [5.41, 5.74) is 0.0333. The van der Waals surface area contributed by atoms with Crippen molar-refractivity contribution in [1.82, 2.24) is 15.5 Å². The van der Waals surface area contributed by atoms with E-state index in [-0.39, 0.29) is 17.5 Å². The standard InChI is InChI=1S/C12H23N3O2/c1-15(2)12(4-3-5-12)9-14-11(6-10(16)17)7-13-8-11/h13-14H,3-9H2,1-2H3,(H,16,17). The number of nitrogens with zero attached hydrogens (tertiary/aromatic N) is 1. The molecule has 1 heterocycles. The van der Waals surface area contributed by atoms with Crippen molar-refractivity contribution in [2.45, 2.75) is 36.8 Å². The zero-order valence-corrected chi connectivity index (χ0v) is 10.8. The zero-order valence-electron chi connectivity index (χ0n) is 10.8. The molecule has 1 saturated heterocycles. The molecule has 0 aromatic heterocycles. The van der Waals surface area contributed by atoms with Crippen molar-refractivity contribution in [2.24, 2.45) is 0 Å². The number of rotatable bonds is 6. The second kappa shape index (κ2) is 4.55. The molecule has 5 heteroatoms. The molecule has 3 N–H and O–H groups in total. The lowest BCUT2D eigenvalue weighted by atomic mass is 9.74. The Hall–Kier alpha value is -0.650. The van der Waals surface area contributed by atoms with Gasteiger partial charge in [-0.3, -0.25) is 4.79 Å². The van der Waals surface area contributed by atoms with Gasteiger partial charge in [0.1, 0.15) is 0 Å². The topological polar surface area (TPSA) is 64.6 Å². The first-order chi connectivity index (χ1) is 7.98. The number of hydrogen-bond acceptors (Lipinski definition) is 4. The SMILES string of the molecule is CN(C)C1(CNC2(CC(=O)O)CNC2)CCC1. The van der Waals surface area contributed by atoms with Crippen LogP contribution in [0.4, 0.5) is 0 Å². The molecule has 1 saturated carbocycles. The zero-order chi connectivity index (χ0) is 12.5. The van der Waals surface area contributed by atoms with Crippen molar-refractivity contribution in [2.75, 3.05) is 33.7 Å². The number of hydrogen-bond donors (Lipinski definition) is 3. The van der Waals surface area contributed by atoms with Crippen LogP contribution in [0.15, 0.2) is 0 Å². The van der Waals surface area contributed by atoms with E-state index in [2.05, 4.69) is 29.6 Å². The van der Waals surface area contributed by atoms with Crippen LogP contribution >= 0.6 is 0 Å². The second-order valence-corrected chi connectivity index (χ2v) is 5.78. The van der Waals surface area contributed by atoms with Crippen LogP contribution in [0.2, 0.25) is 0 Å². The van der Waals surface area contributed by atoms with Crippen LogP contribution in [0, 0.1) is 0 Å². The van der Waals surface area contributed by atoms with Gasteiger partial charge in [0.2, 0.25) is 0 Å². The fraction of sp³-hybridized carbons (Fsp3) is 0.917. The van der Waals surface area contributed by atoms with Gasteiger partial charge in [0, 0.05) is 25.2 Å². The highest BCUT2D eigenvalue weighted by atomic mass is 16.4. The summed E-state index contributed by atoms with van der Waals surface area (Å²) in [4.78, 5) is 13.2. The molecule has 0 amide bonds. The van der Waals surface area contributed by atoms with Gasteiger partial charge in [-0.25, -0.2) is 0 Å². The van der Waals surface area contributed by atoms with Gasteiger partial charge in [-0.1, -0.05) is 0 Å². The monoisotopic (exact) mass is 241 g/mol. The number of nitrogens with one attached hydrogen (secondary N) is 2. The highest BCUT2D eigenvalue weighted by molar-refractivity contribution is 5.68. The van der Waals surface area contributed by atoms with E-state index in [9.17, 15) is 4.79 Å². The molecular formula is C12H23N3O2. The third-order valence-corrected chi connectivity index (χ3v) is 4.44. The van der Waals surface area contributed by atoms with Gasteiger partial charge in [-0.15, -0.1) is 0 Å². The van der Waals surface area contributed by atoms with E-state index in [1.54, 1.807) is 0 Å². The van der Waals surface area contributed by atoms with E-state index >= 15 is 0 Å². The Morgan fingerprint density at radius 2 is 2.06 bits per heavy atom. The van der Waals surface area contributed by atoms with Gasteiger partial charge in [0.05, 0.1) is 12.0 Å². The molecule has 5 nitrogen and oxygen atoms in total. The number of carboxylic acid groups (broad SMARTS) is 1. The fourth-order valence-corrected chi connectivity index (χ4v) is 2.75. The minimum absolute atomic E-state index is 0.212. The number of carbonyl (C=O) groups is 1. The largest absolute Gasteiger partial charge is 0.481 e. The minimum Gasteiger partial charge on any atom is -0.481 e.